The molecule has 0 bridgehead atoms. The monoisotopic (exact) mass is 392 g/mol. The van der Waals surface area contributed by atoms with Gasteiger partial charge in [-0.3, -0.25) is 4.79 Å². The van der Waals surface area contributed by atoms with Gasteiger partial charge < -0.3 is 14.6 Å². The van der Waals surface area contributed by atoms with Crippen molar-refractivity contribution < 1.29 is 9.53 Å². The molecule has 0 radical (unpaired) electrons. The standard InChI is InChI=1S/C15H13BrN4O2S/c16-9-5-10-11(7-18-13(10)17-6-9)12-8-23-14(19-12)15(21)20-1-3-22-4-2-20/h5-8H,1-4H2,(H,17,18). The van der Waals surface area contributed by atoms with E-state index in [1.807, 2.05) is 17.6 Å². The van der Waals surface area contributed by atoms with Gasteiger partial charge in [-0.15, -0.1) is 11.3 Å². The smallest absolute Gasteiger partial charge is 0.283 e. The Kier molecular flexibility index (Phi) is 3.88. The van der Waals surface area contributed by atoms with Gasteiger partial charge in [0.2, 0.25) is 0 Å². The molecule has 4 heterocycles. The summed E-state index contributed by atoms with van der Waals surface area (Å²) in [4.78, 5) is 26.3. The van der Waals surface area contributed by atoms with Crippen molar-refractivity contribution in [3.05, 3.63) is 33.3 Å². The second kappa shape index (κ2) is 6.03. The van der Waals surface area contributed by atoms with Crippen LogP contribution in [-0.2, 0) is 4.74 Å². The van der Waals surface area contributed by atoms with Gasteiger partial charge in [-0.05, 0) is 22.0 Å². The predicted molar refractivity (Wildman–Crippen MR) is 91.6 cm³/mol. The summed E-state index contributed by atoms with van der Waals surface area (Å²) in [5.41, 5.74) is 2.54. The molecule has 1 saturated heterocycles. The number of nitrogens with zero attached hydrogens (tertiary/aromatic N) is 3. The molecule has 4 rings (SSSR count). The number of thiazole rings is 1. The Balaban J connectivity index is 1.66. The number of ether oxygens (including phenoxy) is 1. The lowest BCUT2D eigenvalue weighted by Gasteiger charge is -2.25. The van der Waals surface area contributed by atoms with Gasteiger partial charge in [0.15, 0.2) is 5.01 Å². The Bertz CT molecular complexity index is 869. The number of carbonyl (C=O) groups is 1. The molecule has 1 fully saturated rings. The minimum absolute atomic E-state index is 0.0244. The summed E-state index contributed by atoms with van der Waals surface area (Å²) in [5, 5.41) is 3.41. The van der Waals surface area contributed by atoms with E-state index in [-0.39, 0.29) is 5.91 Å². The SMILES string of the molecule is O=C(c1nc(-c2c[nH]c3ncc(Br)cc23)cs1)N1CCOCC1. The highest BCUT2D eigenvalue weighted by Crippen LogP contribution is 2.30. The molecule has 8 heteroatoms. The van der Waals surface area contributed by atoms with Crippen molar-refractivity contribution in [2.24, 2.45) is 0 Å². The molecule has 3 aromatic rings. The number of hydrogen-bond acceptors (Lipinski definition) is 5. The fourth-order valence-corrected chi connectivity index (χ4v) is 3.70. The Morgan fingerprint density at radius 2 is 2.22 bits per heavy atom. The third-order valence-electron chi connectivity index (χ3n) is 3.76. The first-order valence-corrected chi connectivity index (χ1v) is 8.85. The highest BCUT2D eigenvalue weighted by atomic mass is 79.9. The number of rotatable bonds is 2. The average Bonchev–Trinajstić information content (AvgIpc) is 3.21. The van der Waals surface area contributed by atoms with E-state index in [1.165, 1.54) is 11.3 Å². The zero-order valence-corrected chi connectivity index (χ0v) is 14.5. The van der Waals surface area contributed by atoms with Crippen molar-refractivity contribution in [1.82, 2.24) is 19.9 Å². The van der Waals surface area contributed by atoms with Gasteiger partial charge >= 0.3 is 0 Å². The molecule has 6 nitrogen and oxygen atoms in total. The zero-order chi connectivity index (χ0) is 15.8. The van der Waals surface area contributed by atoms with Crippen molar-refractivity contribution in [3.63, 3.8) is 0 Å². The van der Waals surface area contributed by atoms with Crippen LogP contribution in [0.4, 0.5) is 0 Å². The third kappa shape index (κ3) is 2.77. The molecule has 0 unspecified atom stereocenters. The Morgan fingerprint density at radius 1 is 1.39 bits per heavy atom. The number of fused-ring (bicyclic) bond motifs is 1. The van der Waals surface area contributed by atoms with Crippen molar-refractivity contribution in [2.45, 2.75) is 0 Å². The minimum atomic E-state index is -0.0244. The molecular weight excluding hydrogens is 380 g/mol. The zero-order valence-electron chi connectivity index (χ0n) is 12.1. The van der Waals surface area contributed by atoms with Crippen LogP contribution in [0.1, 0.15) is 9.80 Å². The summed E-state index contributed by atoms with van der Waals surface area (Å²) in [7, 11) is 0. The highest BCUT2D eigenvalue weighted by molar-refractivity contribution is 9.10. The molecule has 1 aliphatic heterocycles. The number of aromatic nitrogens is 3. The van der Waals surface area contributed by atoms with Gasteiger partial charge in [0.05, 0.1) is 18.9 Å². The van der Waals surface area contributed by atoms with E-state index < -0.39 is 0 Å². The number of amides is 1. The molecule has 0 spiro atoms. The number of H-pyrrole nitrogens is 1. The second-order valence-electron chi connectivity index (χ2n) is 5.19. The summed E-state index contributed by atoms with van der Waals surface area (Å²) in [5.74, 6) is -0.0244. The first kappa shape index (κ1) is 14.8. The van der Waals surface area contributed by atoms with E-state index in [1.54, 1.807) is 11.1 Å². The van der Waals surface area contributed by atoms with Gasteiger partial charge in [0.25, 0.3) is 5.91 Å². The van der Waals surface area contributed by atoms with E-state index in [0.717, 1.165) is 26.8 Å². The molecule has 3 aromatic heterocycles. The number of pyridine rings is 1. The van der Waals surface area contributed by atoms with Crippen LogP contribution in [0, 0.1) is 0 Å². The molecule has 0 atom stereocenters. The highest BCUT2D eigenvalue weighted by Gasteiger charge is 2.22. The maximum Gasteiger partial charge on any atom is 0.283 e. The van der Waals surface area contributed by atoms with Crippen LogP contribution >= 0.6 is 27.3 Å². The van der Waals surface area contributed by atoms with Gasteiger partial charge in [-0.1, -0.05) is 0 Å². The van der Waals surface area contributed by atoms with Crippen LogP contribution in [-0.4, -0.2) is 52.1 Å². The molecule has 0 aliphatic carbocycles. The van der Waals surface area contributed by atoms with Crippen LogP contribution in [0.15, 0.2) is 28.3 Å². The maximum atomic E-state index is 12.5. The van der Waals surface area contributed by atoms with E-state index in [2.05, 4.69) is 30.9 Å². The number of halogens is 1. The third-order valence-corrected chi connectivity index (χ3v) is 5.02. The van der Waals surface area contributed by atoms with Crippen LogP contribution in [0.25, 0.3) is 22.3 Å². The molecule has 0 aromatic carbocycles. The Morgan fingerprint density at radius 3 is 3.04 bits per heavy atom. The second-order valence-corrected chi connectivity index (χ2v) is 6.97. The number of hydrogen-bond donors (Lipinski definition) is 1. The summed E-state index contributed by atoms with van der Waals surface area (Å²) >= 11 is 4.81. The maximum absolute atomic E-state index is 12.5. The predicted octanol–water partition coefficient (Wildman–Crippen LogP) is 2.92. The van der Waals surface area contributed by atoms with Gasteiger partial charge in [-0.2, -0.15) is 0 Å². The molecule has 1 aliphatic rings. The Hall–Kier alpha value is -1.77. The molecule has 0 saturated carbocycles. The summed E-state index contributed by atoms with van der Waals surface area (Å²) < 4.78 is 6.19. The lowest BCUT2D eigenvalue weighted by Crippen LogP contribution is -2.40. The van der Waals surface area contributed by atoms with Crippen molar-refractivity contribution in [3.8, 4) is 11.3 Å². The molecule has 1 N–H and O–H groups in total. The molecular formula is C15H13BrN4O2S. The van der Waals surface area contributed by atoms with Crippen LogP contribution < -0.4 is 0 Å². The fraction of sp³-hybridized carbons (Fsp3) is 0.267. The van der Waals surface area contributed by atoms with Crippen LogP contribution in [0.2, 0.25) is 0 Å². The molecule has 118 valence electrons. The van der Waals surface area contributed by atoms with Crippen LogP contribution in [0.5, 0.6) is 0 Å². The van der Waals surface area contributed by atoms with Crippen molar-refractivity contribution in [1.29, 1.82) is 0 Å². The number of morpholine rings is 1. The average molecular weight is 393 g/mol. The summed E-state index contributed by atoms with van der Waals surface area (Å²) in [6.45, 7) is 2.42. The van der Waals surface area contributed by atoms with Gasteiger partial charge in [0.1, 0.15) is 5.65 Å². The summed E-state index contributed by atoms with van der Waals surface area (Å²) in [6, 6.07) is 2.00. The number of aromatic amines is 1. The lowest BCUT2D eigenvalue weighted by molar-refractivity contribution is 0.0303. The fourth-order valence-electron chi connectivity index (χ4n) is 2.59. The van der Waals surface area contributed by atoms with E-state index in [4.69, 9.17) is 4.74 Å². The largest absolute Gasteiger partial charge is 0.378 e. The van der Waals surface area contributed by atoms with E-state index in [0.29, 0.717) is 31.3 Å². The normalized spacial score (nSPS) is 15.3. The quantitative estimate of drug-likeness (QED) is 0.727. The first-order chi connectivity index (χ1) is 11.2. The molecule has 1 amide bonds. The van der Waals surface area contributed by atoms with E-state index >= 15 is 0 Å². The molecule has 23 heavy (non-hydrogen) atoms. The lowest BCUT2D eigenvalue weighted by atomic mass is 10.2. The van der Waals surface area contributed by atoms with Crippen LogP contribution in [0.3, 0.4) is 0 Å². The number of carbonyl (C=O) groups excluding carboxylic acids is 1. The topological polar surface area (TPSA) is 71.1 Å². The minimum Gasteiger partial charge on any atom is -0.378 e. The number of nitrogens with one attached hydrogen (secondary N) is 1. The van der Waals surface area contributed by atoms with Gasteiger partial charge in [-0.25, -0.2) is 9.97 Å². The first-order valence-electron chi connectivity index (χ1n) is 7.18. The summed E-state index contributed by atoms with van der Waals surface area (Å²) in [6.07, 6.45) is 3.62. The van der Waals surface area contributed by atoms with Crippen molar-refractivity contribution in [2.75, 3.05) is 26.3 Å². The van der Waals surface area contributed by atoms with Crippen molar-refractivity contribution >= 4 is 44.2 Å². The van der Waals surface area contributed by atoms with E-state index in [9.17, 15) is 4.79 Å². The van der Waals surface area contributed by atoms with Gasteiger partial charge in [0, 0.05) is 46.3 Å². The Labute approximate surface area is 144 Å².